The molecule has 2 N–H and O–H groups in total. The van der Waals surface area contributed by atoms with E-state index in [9.17, 15) is 4.79 Å². The molecular weight excluding hydrogens is 300 g/mol. The highest BCUT2D eigenvalue weighted by atomic mass is 16.1. The fourth-order valence-corrected chi connectivity index (χ4v) is 2.30. The molecule has 0 fully saturated rings. The highest BCUT2D eigenvalue weighted by Crippen LogP contribution is 2.20. The van der Waals surface area contributed by atoms with Crippen LogP contribution in [0.4, 0.5) is 11.6 Å². The number of hydrogen-bond acceptors (Lipinski definition) is 4. The van der Waals surface area contributed by atoms with Gasteiger partial charge < -0.3 is 10.6 Å². The van der Waals surface area contributed by atoms with Gasteiger partial charge in [0.25, 0.3) is 5.91 Å². The van der Waals surface area contributed by atoms with Crippen LogP contribution in [0.3, 0.4) is 0 Å². The van der Waals surface area contributed by atoms with Crippen molar-refractivity contribution in [3.05, 3.63) is 46.8 Å². The summed E-state index contributed by atoms with van der Waals surface area (Å²) in [5.74, 6) is 0.835. The lowest BCUT2D eigenvalue weighted by Gasteiger charge is -2.11. The van der Waals surface area contributed by atoms with Gasteiger partial charge in [-0.3, -0.25) is 4.79 Å². The standard InChI is InChI=1S/C19H26N4O/c1-12(2)8-9-20-18(24)17-11-15(5)21-19(23-17)22-16-10-13(3)6-7-14(16)4/h6-7,10-12H,8-9H2,1-5H3,(H,20,24)(H,21,22,23). The van der Waals surface area contributed by atoms with E-state index in [0.29, 0.717) is 24.1 Å². The van der Waals surface area contributed by atoms with Gasteiger partial charge in [0.2, 0.25) is 5.95 Å². The molecule has 5 heteroatoms. The molecule has 0 aliphatic rings. The van der Waals surface area contributed by atoms with Gasteiger partial charge in [-0.1, -0.05) is 26.0 Å². The molecule has 5 nitrogen and oxygen atoms in total. The zero-order valence-corrected chi connectivity index (χ0v) is 15.1. The van der Waals surface area contributed by atoms with E-state index in [2.05, 4.69) is 40.5 Å². The summed E-state index contributed by atoms with van der Waals surface area (Å²) in [6.07, 6.45) is 0.948. The van der Waals surface area contributed by atoms with Gasteiger partial charge in [0.05, 0.1) is 0 Å². The molecule has 0 bridgehead atoms. The fourth-order valence-electron chi connectivity index (χ4n) is 2.30. The average molecular weight is 326 g/mol. The molecule has 1 aromatic carbocycles. The highest BCUT2D eigenvalue weighted by Gasteiger charge is 2.11. The quantitative estimate of drug-likeness (QED) is 0.844. The van der Waals surface area contributed by atoms with E-state index >= 15 is 0 Å². The van der Waals surface area contributed by atoms with Crippen LogP contribution < -0.4 is 10.6 Å². The Labute approximate surface area is 143 Å². The molecule has 1 amide bonds. The number of amides is 1. The molecule has 24 heavy (non-hydrogen) atoms. The van der Waals surface area contributed by atoms with Crippen LogP contribution in [0.25, 0.3) is 0 Å². The lowest BCUT2D eigenvalue weighted by atomic mass is 10.1. The summed E-state index contributed by atoms with van der Waals surface area (Å²) in [7, 11) is 0. The molecule has 0 spiro atoms. The van der Waals surface area contributed by atoms with Gasteiger partial charge in [-0.05, 0) is 56.4 Å². The van der Waals surface area contributed by atoms with Gasteiger partial charge in [0, 0.05) is 17.9 Å². The molecule has 0 aliphatic heterocycles. The van der Waals surface area contributed by atoms with E-state index in [1.165, 1.54) is 0 Å². The van der Waals surface area contributed by atoms with E-state index < -0.39 is 0 Å². The first kappa shape index (κ1) is 17.9. The molecule has 0 saturated carbocycles. The van der Waals surface area contributed by atoms with Crippen molar-refractivity contribution in [3.63, 3.8) is 0 Å². The molecule has 0 radical (unpaired) electrons. The van der Waals surface area contributed by atoms with Crippen molar-refractivity contribution in [3.8, 4) is 0 Å². The summed E-state index contributed by atoms with van der Waals surface area (Å²) >= 11 is 0. The lowest BCUT2D eigenvalue weighted by Crippen LogP contribution is -2.26. The molecular formula is C19H26N4O. The van der Waals surface area contributed by atoms with Crippen LogP contribution >= 0.6 is 0 Å². The maximum atomic E-state index is 12.3. The number of anilines is 2. The Bertz CT molecular complexity index is 725. The minimum absolute atomic E-state index is 0.162. The molecule has 1 heterocycles. The summed E-state index contributed by atoms with van der Waals surface area (Å²) in [5.41, 5.74) is 4.36. The van der Waals surface area contributed by atoms with Crippen molar-refractivity contribution in [1.29, 1.82) is 0 Å². The van der Waals surface area contributed by atoms with Gasteiger partial charge in [-0.25, -0.2) is 9.97 Å². The third-order valence-corrected chi connectivity index (χ3v) is 3.73. The molecule has 1 aromatic heterocycles. The Morgan fingerprint density at radius 3 is 2.58 bits per heavy atom. The summed E-state index contributed by atoms with van der Waals surface area (Å²) in [6, 6.07) is 7.86. The Balaban J connectivity index is 2.16. The van der Waals surface area contributed by atoms with Gasteiger partial charge in [0.15, 0.2) is 0 Å². The summed E-state index contributed by atoms with van der Waals surface area (Å²) in [6.45, 7) is 10.8. The van der Waals surface area contributed by atoms with Crippen molar-refractivity contribution in [2.45, 2.75) is 41.0 Å². The number of benzene rings is 1. The largest absolute Gasteiger partial charge is 0.351 e. The highest BCUT2D eigenvalue weighted by molar-refractivity contribution is 5.92. The van der Waals surface area contributed by atoms with Crippen molar-refractivity contribution in [1.82, 2.24) is 15.3 Å². The third kappa shape index (κ3) is 5.05. The zero-order chi connectivity index (χ0) is 17.7. The van der Waals surface area contributed by atoms with E-state index in [4.69, 9.17) is 0 Å². The number of nitrogens with zero attached hydrogens (tertiary/aromatic N) is 2. The molecule has 0 saturated heterocycles. The van der Waals surface area contributed by atoms with Crippen LogP contribution in [0, 0.1) is 26.7 Å². The maximum Gasteiger partial charge on any atom is 0.270 e. The lowest BCUT2D eigenvalue weighted by molar-refractivity contribution is 0.0947. The second kappa shape index (κ2) is 7.90. The van der Waals surface area contributed by atoms with Crippen LogP contribution in [0.2, 0.25) is 0 Å². The monoisotopic (exact) mass is 326 g/mol. The second-order valence-corrected chi connectivity index (χ2v) is 6.60. The van der Waals surface area contributed by atoms with E-state index in [0.717, 1.165) is 28.9 Å². The van der Waals surface area contributed by atoms with Crippen molar-refractivity contribution < 1.29 is 4.79 Å². The predicted octanol–water partition coefficient (Wildman–Crippen LogP) is 3.92. The van der Waals surface area contributed by atoms with Gasteiger partial charge >= 0.3 is 0 Å². The number of carbonyl (C=O) groups excluding carboxylic acids is 1. The van der Waals surface area contributed by atoms with Gasteiger partial charge in [0.1, 0.15) is 5.69 Å². The molecule has 0 unspecified atom stereocenters. The van der Waals surface area contributed by atoms with Crippen LogP contribution in [-0.2, 0) is 0 Å². The van der Waals surface area contributed by atoms with Crippen LogP contribution in [-0.4, -0.2) is 22.4 Å². The van der Waals surface area contributed by atoms with Gasteiger partial charge in [-0.2, -0.15) is 0 Å². The molecule has 2 rings (SSSR count). The number of hydrogen-bond donors (Lipinski definition) is 2. The Morgan fingerprint density at radius 2 is 1.88 bits per heavy atom. The first-order valence-corrected chi connectivity index (χ1v) is 8.33. The van der Waals surface area contributed by atoms with Gasteiger partial charge in [-0.15, -0.1) is 0 Å². The van der Waals surface area contributed by atoms with Crippen LogP contribution in [0.5, 0.6) is 0 Å². The number of aryl methyl sites for hydroxylation is 3. The average Bonchev–Trinajstić information content (AvgIpc) is 2.50. The third-order valence-electron chi connectivity index (χ3n) is 3.73. The van der Waals surface area contributed by atoms with E-state index in [-0.39, 0.29) is 5.91 Å². The van der Waals surface area contributed by atoms with Crippen molar-refractivity contribution in [2.24, 2.45) is 5.92 Å². The Morgan fingerprint density at radius 1 is 1.12 bits per heavy atom. The summed E-state index contributed by atoms with van der Waals surface area (Å²) in [4.78, 5) is 21.0. The molecule has 2 aromatic rings. The molecule has 0 aliphatic carbocycles. The number of carbonyl (C=O) groups is 1. The topological polar surface area (TPSA) is 66.9 Å². The number of aromatic nitrogens is 2. The predicted molar refractivity (Wildman–Crippen MR) is 97.8 cm³/mol. The molecule has 128 valence electrons. The SMILES string of the molecule is Cc1ccc(C)c(Nc2nc(C)cc(C(=O)NCCC(C)C)n2)c1. The van der Waals surface area contributed by atoms with E-state index in [1.54, 1.807) is 6.07 Å². The first-order chi connectivity index (χ1) is 11.3. The second-order valence-electron chi connectivity index (χ2n) is 6.60. The summed E-state index contributed by atoms with van der Waals surface area (Å²) < 4.78 is 0. The van der Waals surface area contributed by atoms with Crippen LogP contribution in [0.15, 0.2) is 24.3 Å². The first-order valence-electron chi connectivity index (χ1n) is 8.33. The number of nitrogens with one attached hydrogen (secondary N) is 2. The zero-order valence-electron chi connectivity index (χ0n) is 15.1. The minimum atomic E-state index is -0.162. The normalized spacial score (nSPS) is 10.8. The smallest absolute Gasteiger partial charge is 0.270 e. The fraction of sp³-hybridized carbons (Fsp3) is 0.421. The van der Waals surface area contributed by atoms with Crippen LogP contribution in [0.1, 0.15) is 47.6 Å². The molecule has 0 atom stereocenters. The van der Waals surface area contributed by atoms with E-state index in [1.807, 2.05) is 32.9 Å². The Hall–Kier alpha value is -2.43. The number of rotatable bonds is 6. The summed E-state index contributed by atoms with van der Waals surface area (Å²) in [5, 5.41) is 6.13. The van der Waals surface area contributed by atoms with Crippen molar-refractivity contribution >= 4 is 17.5 Å². The Kier molecular flexibility index (Phi) is 5.90. The minimum Gasteiger partial charge on any atom is -0.351 e. The maximum absolute atomic E-state index is 12.3. The van der Waals surface area contributed by atoms with Crippen molar-refractivity contribution in [2.75, 3.05) is 11.9 Å².